The van der Waals surface area contributed by atoms with Gasteiger partial charge in [0.25, 0.3) is 0 Å². The predicted molar refractivity (Wildman–Crippen MR) is 41.2 cm³/mol. The van der Waals surface area contributed by atoms with Crippen LogP contribution in [0.2, 0.25) is 0 Å². The van der Waals surface area contributed by atoms with Crippen LogP contribution < -0.4 is 0 Å². The Morgan fingerprint density at radius 3 is 3.09 bits per heavy atom. The molecule has 0 spiro atoms. The Morgan fingerprint density at radius 1 is 1.82 bits per heavy atom. The number of carboxylic acid groups (broad SMARTS) is 1. The standard InChI is InChI=1S/C8H11NO2/c1-2-4-7-5-3-6-9(7)8(10)11/h1,7H,3-6H2,(H,10,11)/t7-/m1/s1. The molecule has 0 aliphatic carbocycles. The molecule has 3 heteroatoms. The Balaban J connectivity index is 2.52. The minimum atomic E-state index is -0.845. The van der Waals surface area contributed by atoms with E-state index in [2.05, 4.69) is 5.92 Å². The van der Waals surface area contributed by atoms with Crippen LogP contribution in [-0.2, 0) is 0 Å². The molecule has 1 N–H and O–H groups in total. The third-order valence-electron chi connectivity index (χ3n) is 1.98. The molecule has 0 aromatic rings. The van der Waals surface area contributed by atoms with Crippen molar-refractivity contribution in [1.29, 1.82) is 0 Å². The number of terminal acetylenes is 1. The zero-order valence-electron chi connectivity index (χ0n) is 6.29. The Labute approximate surface area is 66.0 Å². The molecule has 60 valence electrons. The van der Waals surface area contributed by atoms with E-state index >= 15 is 0 Å². The van der Waals surface area contributed by atoms with Crippen LogP contribution in [0.5, 0.6) is 0 Å². The van der Waals surface area contributed by atoms with Gasteiger partial charge in [-0.1, -0.05) is 0 Å². The summed E-state index contributed by atoms with van der Waals surface area (Å²) >= 11 is 0. The van der Waals surface area contributed by atoms with E-state index in [0.29, 0.717) is 13.0 Å². The molecule has 3 nitrogen and oxygen atoms in total. The van der Waals surface area contributed by atoms with Crippen LogP contribution >= 0.6 is 0 Å². The zero-order valence-corrected chi connectivity index (χ0v) is 6.29. The Hall–Kier alpha value is -1.17. The first-order chi connectivity index (χ1) is 5.25. The molecule has 1 aliphatic rings. The van der Waals surface area contributed by atoms with E-state index < -0.39 is 6.09 Å². The molecule has 11 heavy (non-hydrogen) atoms. The maximum Gasteiger partial charge on any atom is 0.407 e. The highest BCUT2D eigenvalue weighted by molar-refractivity contribution is 5.65. The van der Waals surface area contributed by atoms with Crippen molar-refractivity contribution >= 4 is 6.09 Å². The third kappa shape index (κ3) is 1.64. The van der Waals surface area contributed by atoms with Crippen molar-refractivity contribution in [3.63, 3.8) is 0 Å². The van der Waals surface area contributed by atoms with E-state index in [9.17, 15) is 4.79 Å². The molecule has 1 heterocycles. The van der Waals surface area contributed by atoms with Gasteiger partial charge in [-0.15, -0.1) is 12.3 Å². The Morgan fingerprint density at radius 2 is 2.55 bits per heavy atom. The molecule has 0 aromatic carbocycles. The van der Waals surface area contributed by atoms with Gasteiger partial charge in [-0.2, -0.15) is 0 Å². The molecule has 1 fully saturated rings. The van der Waals surface area contributed by atoms with Gasteiger partial charge >= 0.3 is 6.09 Å². The van der Waals surface area contributed by atoms with Crippen LogP contribution in [0.25, 0.3) is 0 Å². The van der Waals surface area contributed by atoms with E-state index in [-0.39, 0.29) is 6.04 Å². The zero-order chi connectivity index (χ0) is 8.27. The fourth-order valence-electron chi connectivity index (χ4n) is 1.44. The summed E-state index contributed by atoms with van der Waals surface area (Å²) < 4.78 is 0. The topological polar surface area (TPSA) is 40.5 Å². The van der Waals surface area contributed by atoms with Crippen molar-refractivity contribution in [2.24, 2.45) is 0 Å². The van der Waals surface area contributed by atoms with Gasteiger partial charge in [0, 0.05) is 19.0 Å². The first-order valence-corrected chi connectivity index (χ1v) is 3.68. The van der Waals surface area contributed by atoms with Crippen molar-refractivity contribution < 1.29 is 9.90 Å². The lowest BCUT2D eigenvalue weighted by atomic mass is 10.1. The summed E-state index contributed by atoms with van der Waals surface area (Å²) in [6.45, 7) is 0.641. The van der Waals surface area contributed by atoms with Gasteiger partial charge in [-0.25, -0.2) is 4.79 Å². The van der Waals surface area contributed by atoms with Crippen LogP contribution in [0, 0.1) is 12.3 Å². The number of nitrogens with zero attached hydrogens (tertiary/aromatic N) is 1. The summed E-state index contributed by atoms with van der Waals surface area (Å²) in [6, 6.07) is 0.0671. The maximum absolute atomic E-state index is 10.5. The van der Waals surface area contributed by atoms with Crippen LogP contribution in [0.3, 0.4) is 0 Å². The van der Waals surface area contributed by atoms with Crippen molar-refractivity contribution in [1.82, 2.24) is 4.90 Å². The lowest BCUT2D eigenvalue weighted by Crippen LogP contribution is -2.33. The van der Waals surface area contributed by atoms with E-state index in [4.69, 9.17) is 11.5 Å². The lowest BCUT2D eigenvalue weighted by Gasteiger charge is -2.18. The summed E-state index contributed by atoms with van der Waals surface area (Å²) in [7, 11) is 0. The minimum absolute atomic E-state index is 0.0671. The third-order valence-corrected chi connectivity index (χ3v) is 1.98. The van der Waals surface area contributed by atoms with Gasteiger partial charge in [0.05, 0.1) is 0 Å². The maximum atomic E-state index is 10.5. The van der Waals surface area contributed by atoms with Gasteiger partial charge in [0.15, 0.2) is 0 Å². The highest BCUT2D eigenvalue weighted by atomic mass is 16.4. The second-order valence-corrected chi connectivity index (χ2v) is 2.68. The summed E-state index contributed by atoms with van der Waals surface area (Å²) in [6.07, 6.45) is 6.66. The summed E-state index contributed by atoms with van der Waals surface area (Å²) in [5.74, 6) is 2.49. The number of rotatable bonds is 1. The molecular formula is C8H11NO2. The molecule has 1 rings (SSSR count). The van der Waals surface area contributed by atoms with E-state index in [1.807, 2.05) is 0 Å². The van der Waals surface area contributed by atoms with Gasteiger partial charge in [-0.05, 0) is 12.8 Å². The monoisotopic (exact) mass is 153 g/mol. The van der Waals surface area contributed by atoms with Gasteiger partial charge in [-0.3, -0.25) is 0 Å². The van der Waals surface area contributed by atoms with Crippen molar-refractivity contribution in [3.05, 3.63) is 0 Å². The number of amides is 1. The average Bonchev–Trinajstić information content (AvgIpc) is 2.36. The molecule has 0 radical (unpaired) electrons. The molecule has 0 saturated carbocycles. The van der Waals surface area contributed by atoms with Crippen LogP contribution in [-0.4, -0.2) is 28.7 Å². The molecule has 0 aromatic heterocycles. The number of hydrogen-bond donors (Lipinski definition) is 1. The molecule has 1 saturated heterocycles. The predicted octanol–water partition coefficient (Wildman–Crippen LogP) is 1.15. The lowest BCUT2D eigenvalue weighted by molar-refractivity contribution is 0.141. The molecule has 1 aliphatic heterocycles. The van der Waals surface area contributed by atoms with Gasteiger partial charge < -0.3 is 10.0 Å². The Kier molecular flexibility index (Phi) is 2.37. The van der Waals surface area contributed by atoms with Crippen LogP contribution in [0.4, 0.5) is 4.79 Å². The normalized spacial score (nSPS) is 23.2. The van der Waals surface area contributed by atoms with Gasteiger partial charge in [0.1, 0.15) is 0 Å². The average molecular weight is 153 g/mol. The van der Waals surface area contributed by atoms with E-state index in [1.165, 1.54) is 4.90 Å². The molecule has 0 unspecified atom stereocenters. The second-order valence-electron chi connectivity index (χ2n) is 2.68. The minimum Gasteiger partial charge on any atom is -0.465 e. The molecule has 1 amide bonds. The van der Waals surface area contributed by atoms with E-state index in [0.717, 1.165) is 12.8 Å². The molecule has 0 bridgehead atoms. The highest BCUT2D eigenvalue weighted by Crippen LogP contribution is 2.19. The van der Waals surface area contributed by atoms with Crippen LogP contribution in [0.1, 0.15) is 19.3 Å². The number of hydrogen-bond acceptors (Lipinski definition) is 1. The van der Waals surface area contributed by atoms with Crippen molar-refractivity contribution in [2.75, 3.05) is 6.54 Å². The SMILES string of the molecule is C#CC[C@@H]1CCCN1C(=O)O. The van der Waals surface area contributed by atoms with Gasteiger partial charge in [0.2, 0.25) is 0 Å². The quantitative estimate of drug-likeness (QED) is 0.574. The summed E-state index contributed by atoms with van der Waals surface area (Å²) in [5.41, 5.74) is 0. The number of likely N-dealkylation sites (tertiary alicyclic amines) is 1. The van der Waals surface area contributed by atoms with E-state index in [1.54, 1.807) is 0 Å². The smallest absolute Gasteiger partial charge is 0.407 e. The number of carbonyl (C=O) groups is 1. The first-order valence-electron chi connectivity index (χ1n) is 3.68. The van der Waals surface area contributed by atoms with Crippen molar-refractivity contribution in [3.8, 4) is 12.3 Å². The fourth-order valence-corrected chi connectivity index (χ4v) is 1.44. The second kappa shape index (κ2) is 3.29. The fraction of sp³-hybridized carbons (Fsp3) is 0.625. The summed E-state index contributed by atoms with van der Waals surface area (Å²) in [4.78, 5) is 12.0. The molecular weight excluding hydrogens is 142 g/mol. The summed E-state index contributed by atoms with van der Waals surface area (Å²) in [5, 5.41) is 8.67. The highest BCUT2D eigenvalue weighted by Gasteiger charge is 2.27. The largest absolute Gasteiger partial charge is 0.465 e. The van der Waals surface area contributed by atoms with Crippen LogP contribution in [0.15, 0.2) is 0 Å². The first kappa shape index (κ1) is 7.93. The Bertz CT molecular complexity index is 195. The van der Waals surface area contributed by atoms with Crippen molar-refractivity contribution in [2.45, 2.75) is 25.3 Å². The molecule has 1 atom stereocenters.